The first kappa shape index (κ1) is 15.3. The summed E-state index contributed by atoms with van der Waals surface area (Å²) in [5, 5.41) is 4.89. The van der Waals surface area contributed by atoms with Gasteiger partial charge in [-0.2, -0.15) is 39.5 Å². The Hall–Kier alpha value is -0.740. The van der Waals surface area contributed by atoms with E-state index >= 15 is 0 Å². The summed E-state index contributed by atoms with van der Waals surface area (Å²) >= 11 is 3.10. The molecule has 11 heteroatoms. The van der Waals surface area contributed by atoms with Crippen LogP contribution in [0, 0.1) is 0 Å². The Morgan fingerprint density at radius 2 is 1.06 bits per heavy atom. The van der Waals surface area contributed by atoms with E-state index in [1.54, 1.807) is 0 Å². The molecular weight excluding hydrogens is 279 g/mol. The maximum absolute atomic E-state index is 12.3. The Morgan fingerprint density at radius 1 is 0.750 bits per heavy atom. The SMILES string of the molecule is OC(=S)C(F)(F)C(F)(F)C(F)(F)C(F)(F)F. The second-order valence-corrected chi connectivity index (χ2v) is 2.91. The number of hydrogen-bond acceptors (Lipinski definition) is 1. The summed E-state index contributed by atoms with van der Waals surface area (Å²) < 4.78 is 107. The van der Waals surface area contributed by atoms with Crippen LogP contribution in [0.4, 0.5) is 39.5 Å². The van der Waals surface area contributed by atoms with E-state index in [0.717, 1.165) is 0 Å². The van der Waals surface area contributed by atoms with Crippen LogP contribution in [0.1, 0.15) is 0 Å². The van der Waals surface area contributed by atoms with E-state index in [1.165, 1.54) is 0 Å². The summed E-state index contributed by atoms with van der Waals surface area (Å²) in [5.41, 5.74) is 0. The smallest absolute Gasteiger partial charge is 0.460 e. The number of alkyl halides is 9. The summed E-state index contributed by atoms with van der Waals surface area (Å²) in [7, 11) is 0. The molecule has 0 amide bonds. The van der Waals surface area contributed by atoms with Gasteiger partial charge < -0.3 is 5.11 Å². The molecule has 0 aliphatic carbocycles. The molecule has 96 valence electrons. The second-order valence-electron chi connectivity index (χ2n) is 2.53. The molecule has 0 saturated carbocycles. The van der Waals surface area contributed by atoms with Crippen molar-refractivity contribution in [3.63, 3.8) is 0 Å². The first-order chi connectivity index (χ1) is 6.69. The van der Waals surface area contributed by atoms with Gasteiger partial charge in [-0.25, -0.2) is 0 Å². The van der Waals surface area contributed by atoms with Crippen LogP contribution in [0.2, 0.25) is 0 Å². The van der Waals surface area contributed by atoms with Gasteiger partial charge in [0.25, 0.3) is 0 Å². The average Bonchev–Trinajstić information content (AvgIpc) is 2.00. The molecule has 0 aliphatic rings. The van der Waals surface area contributed by atoms with Crippen molar-refractivity contribution in [2.45, 2.75) is 23.9 Å². The summed E-state index contributed by atoms with van der Waals surface area (Å²) in [6.07, 6.45) is -6.91. The Morgan fingerprint density at radius 3 is 1.25 bits per heavy atom. The predicted octanol–water partition coefficient (Wildman–Crippen LogP) is 3.34. The Bertz CT molecular complexity index is 293. The number of hydrogen-bond donors (Lipinski definition) is 1. The molecule has 16 heavy (non-hydrogen) atoms. The number of rotatable bonds is 3. The lowest BCUT2D eigenvalue weighted by molar-refractivity contribution is -0.385. The summed E-state index contributed by atoms with van der Waals surface area (Å²) in [5.74, 6) is -20.1. The molecule has 0 aliphatic heterocycles. The Kier molecular flexibility index (Phi) is 3.47. The molecule has 0 aromatic heterocycles. The summed E-state index contributed by atoms with van der Waals surface area (Å²) in [6.45, 7) is 0. The van der Waals surface area contributed by atoms with Crippen molar-refractivity contribution in [2.24, 2.45) is 0 Å². The fourth-order valence-electron chi connectivity index (χ4n) is 0.509. The standard InChI is InChI=1S/C5HF9OS/c6-2(7,1(15)16)3(8,9)4(10,11)5(12,13)14/h(H,15,16). The fourth-order valence-corrected chi connectivity index (χ4v) is 0.638. The van der Waals surface area contributed by atoms with Crippen molar-refractivity contribution in [1.29, 1.82) is 0 Å². The molecule has 0 bridgehead atoms. The molecule has 0 aromatic carbocycles. The van der Waals surface area contributed by atoms with Gasteiger partial charge in [0.2, 0.25) is 5.05 Å². The third-order valence-corrected chi connectivity index (χ3v) is 1.67. The highest BCUT2D eigenvalue weighted by Crippen LogP contribution is 2.53. The lowest BCUT2D eigenvalue weighted by Gasteiger charge is -2.32. The number of aliphatic hydroxyl groups is 1. The van der Waals surface area contributed by atoms with E-state index in [9.17, 15) is 39.5 Å². The zero-order valence-electron chi connectivity index (χ0n) is 6.76. The lowest BCUT2D eigenvalue weighted by Crippen LogP contribution is -2.63. The number of thiocarbonyl (C=S) groups is 1. The van der Waals surface area contributed by atoms with Crippen LogP contribution in [0.5, 0.6) is 0 Å². The van der Waals surface area contributed by atoms with Crippen molar-refractivity contribution < 1.29 is 44.6 Å². The molecule has 0 radical (unpaired) electrons. The zero-order chi connectivity index (χ0) is 13.6. The molecular formula is C5HF9OS. The Balaban J connectivity index is 5.62. The lowest BCUT2D eigenvalue weighted by atomic mass is 10.0. The molecule has 0 unspecified atom stereocenters. The van der Waals surface area contributed by atoms with Gasteiger partial charge in [-0.1, -0.05) is 0 Å². The van der Waals surface area contributed by atoms with Crippen LogP contribution in [0.25, 0.3) is 0 Å². The van der Waals surface area contributed by atoms with Gasteiger partial charge in [0.15, 0.2) is 0 Å². The third kappa shape index (κ3) is 1.92. The second kappa shape index (κ2) is 3.64. The van der Waals surface area contributed by atoms with E-state index in [1.807, 2.05) is 0 Å². The molecule has 0 rings (SSSR count). The van der Waals surface area contributed by atoms with Crippen LogP contribution >= 0.6 is 12.2 Å². The normalized spacial score (nSPS) is 15.1. The van der Waals surface area contributed by atoms with Gasteiger partial charge in [0, 0.05) is 0 Å². The summed E-state index contributed by atoms with van der Waals surface area (Å²) in [6, 6.07) is 0. The third-order valence-electron chi connectivity index (χ3n) is 1.41. The maximum atomic E-state index is 12.3. The minimum Gasteiger partial charge on any atom is -0.498 e. The van der Waals surface area contributed by atoms with E-state index in [0.29, 0.717) is 0 Å². The molecule has 0 aromatic rings. The van der Waals surface area contributed by atoms with Crippen molar-refractivity contribution in [1.82, 2.24) is 0 Å². The fraction of sp³-hybridized carbons (Fsp3) is 0.800. The van der Waals surface area contributed by atoms with Gasteiger partial charge >= 0.3 is 23.9 Å². The Labute approximate surface area is 86.8 Å². The first-order valence-electron chi connectivity index (χ1n) is 3.13. The van der Waals surface area contributed by atoms with Gasteiger partial charge in [-0.3, -0.25) is 0 Å². The highest BCUT2D eigenvalue weighted by molar-refractivity contribution is 7.80. The van der Waals surface area contributed by atoms with Crippen LogP contribution in [-0.2, 0) is 0 Å². The predicted molar refractivity (Wildman–Crippen MR) is 36.1 cm³/mol. The van der Waals surface area contributed by atoms with E-state index in [2.05, 4.69) is 12.2 Å². The molecule has 1 nitrogen and oxygen atoms in total. The van der Waals surface area contributed by atoms with Crippen LogP contribution in [0.3, 0.4) is 0 Å². The highest BCUT2D eigenvalue weighted by atomic mass is 32.1. The van der Waals surface area contributed by atoms with E-state index in [-0.39, 0.29) is 0 Å². The number of halogens is 9. The van der Waals surface area contributed by atoms with E-state index < -0.39 is 29.0 Å². The topological polar surface area (TPSA) is 20.2 Å². The quantitative estimate of drug-likeness (QED) is 0.632. The average molecular weight is 280 g/mol. The minimum absolute atomic E-state index is 2.96. The van der Waals surface area contributed by atoms with Crippen molar-refractivity contribution in [3.8, 4) is 0 Å². The molecule has 0 heterocycles. The molecule has 0 atom stereocenters. The maximum Gasteiger partial charge on any atom is 0.460 e. The summed E-state index contributed by atoms with van der Waals surface area (Å²) in [4.78, 5) is 0. The van der Waals surface area contributed by atoms with Crippen LogP contribution in [0.15, 0.2) is 0 Å². The van der Waals surface area contributed by atoms with Crippen molar-refractivity contribution >= 4 is 17.3 Å². The van der Waals surface area contributed by atoms with Crippen molar-refractivity contribution in [2.75, 3.05) is 0 Å². The van der Waals surface area contributed by atoms with Crippen LogP contribution < -0.4 is 0 Å². The highest BCUT2D eigenvalue weighted by Gasteiger charge is 2.83. The monoisotopic (exact) mass is 280 g/mol. The largest absolute Gasteiger partial charge is 0.498 e. The van der Waals surface area contributed by atoms with Gasteiger partial charge in [0.1, 0.15) is 0 Å². The minimum atomic E-state index is -7.03. The van der Waals surface area contributed by atoms with Crippen LogP contribution in [-0.4, -0.2) is 34.1 Å². The number of aliphatic hydroxyl groups excluding tert-OH is 1. The first-order valence-corrected chi connectivity index (χ1v) is 3.54. The van der Waals surface area contributed by atoms with Gasteiger partial charge in [-0.05, 0) is 12.2 Å². The van der Waals surface area contributed by atoms with Crippen molar-refractivity contribution in [3.05, 3.63) is 0 Å². The molecule has 1 N–H and O–H groups in total. The van der Waals surface area contributed by atoms with E-state index in [4.69, 9.17) is 5.11 Å². The zero-order valence-corrected chi connectivity index (χ0v) is 7.57. The van der Waals surface area contributed by atoms with Gasteiger partial charge in [-0.15, -0.1) is 0 Å². The molecule has 0 fully saturated rings. The molecule has 0 spiro atoms. The molecule has 0 saturated heterocycles. The van der Waals surface area contributed by atoms with Gasteiger partial charge in [0.05, 0.1) is 0 Å².